The topological polar surface area (TPSA) is 214 Å². The summed E-state index contributed by atoms with van der Waals surface area (Å²) in [6, 6.07) is 7.67. The zero-order chi connectivity index (χ0) is 30.4. The number of unbranched alkanes of at least 4 members (excludes halogenated alkanes) is 1. The first-order valence-corrected chi connectivity index (χ1v) is 13.4. The summed E-state index contributed by atoms with van der Waals surface area (Å²) in [6.45, 7) is -0.915. The number of ether oxygens (including phenoxy) is 2. The molecule has 0 bridgehead atoms. The monoisotopic (exact) mass is 590 g/mol. The number of quaternary nitrogens is 1. The molecule has 0 spiro atoms. The van der Waals surface area contributed by atoms with Crippen LogP contribution in [-0.2, 0) is 30.5 Å². The van der Waals surface area contributed by atoms with Gasteiger partial charge in [0, 0.05) is 19.5 Å². The molecule has 2 aliphatic heterocycles. The summed E-state index contributed by atoms with van der Waals surface area (Å²) in [5, 5.41) is 50.8. The Morgan fingerprint density at radius 1 is 1.17 bits per heavy atom. The van der Waals surface area contributed by atoms with Gasteiger partial charge in [-0.3, -0.25) is 9.59 Å². The predicted octanol–water partition coefficient (Wildman–Crippen LogP) is -2.58. The smallest absolute Gasteiger partial charge is 0.379 e. The largest absolute Gasteiger partial charge is 0.459 e. The Kier molecular flexibility index (Phi) is 11.1. The van der Waals surface area contributed by atoms with E-state index in [-0.39, 0.29) is 31.9 Å². The van der Waals surface area contributed by atoms with Crippen molar-refractivity contribution in [2.24, 2.45) is 0 Å². The lowest BCUT2D eigenvalue weighted by Crippen LogP contribution is -2.73. The van der Waals surface area contributed by atoms with Crippen LogP contribution in [0, 0.1) is 0 Å². The molecule has 9 N–H and O–H groups in total. The predicted molar refractivity (Wildman–Crippen MR) is 134 cm³/mol. The van der Waals surface area contributed by atoms with E-state index in [4.69, 9.17) is 4.74 Å². The number of hydrogen-bond donors (Lipinski definition) is 7. The number of aliphatic hydroxyl groups excluding tert-OH is 4. The maximum absolute atomic E-state index is 14.8. The molecule has 3 rings (SSSR count). The third kappa shape index (κ3) is 7.17. The first-order valence-electron chi connectivity index (χ1n) is 13.4. The molecular formula is C26H38F2N3O10+. The maximum Gasteiger partial charge on any atom is 0.379 e. The fourth-order valence-electron chi connectivity index (χ4n) is 4.86. The molecule has 2 aliphatic rings. The number of hydrogen-bond acceptors (Lipinski definition) is 10. The second-order valence-corrected chi connectivity index (χ2v) is 10.3. The molecule has 1 aromatic carbocycles. The molecule has 2 heterocycles. The fraction of sp³-hybridized carbons (Fsp3) is 0.654. The van der Waals surface area contributed by atoms with Crippen molar-refractivity contribution in [3.63, 3.8) is 0 Å². The van der Waals surface area contributed by atoms with Crippen molar-refractivity contribution in [2.75, 3.05) is 19.7 Å². The van der Waals surface area contributed by atoms with Gasteiger partial charge >= 0.3 is 11.9 Å². The molecule has 0 saturated carbocycles. The number of nitrogens with one attached hydrogen (secondary N) is 1. The number of alkyl halides is 2. The van der Waals surface area contributed by atoms with E-state index in [9.17, 15) is 48.7 Å². The van der Waals surface area contributed by atoms with Crippen LogP contribution in [0.5, 0.6) is 0 Å². The van der Waals surface area contributed by atoms with Crippen molar-refractivity contribution in [3.05, 3.63) is 35.9 Å². The Morgan fingerprint density at radius 2 is 1.85 bits per heavy atom. The van der Waals surface area contributed by atoms with E-state index in [1.54, 1.807) is 0 Å². The SMILES string of the molecule is [NH3+][C@@H](CCCCNC(=O)C(F)(F)[C@]1(O)O[C@H](CO)[C@H](O)[C@H](O)[C@H]1O)C(=O)N1CCC[C@H]1C(=O)OCc1ccccc1. The summed E-state index contributed by atoms with van der Waals surface area (Å²) in [7, 11) is 0. The molecule has 0 unspecified atom stereocenters. The minimum atomic E-state index is -4.77. The first-order chi connectivity index (χ1) is 19.3. The van der Waals surface area contributed by atoms with E-state index < -0.39 is 66.7 Å². The molecule has 13 nitrogen and oxygen atoms in total. The van der Waals surface area contributed by atoms with Crippen LogP contribution in [0.3, 0.4) is 0 Å². The lowest BCUT2D eigenvalue weighted by atomic mass is 9.88. The number of esters is 1. The molecule has 1 aromatic rings. The molecule has 2 amide bonds. The number of halogens is 2. The Morgan fingerprint density at radius 3 is 2.51 bits per heavy atom. The van der Waals surface area contributed by atoms with Gasteiger partial charge in [-0.2, -0.15) is 8.78 Å². The van der Waals surface area contributed by atoms with Crippen LogP contribution < -0.4 is 11.1 Å². The van der Waals surface area contributed by atoms with Crippen molar-refractivity contribution in [3.8, 4) is 0 Å². The van der Waals surface area contributed by atoms with E-state index in [2.05, 4.69) is 10.5 Å². The third-order valence-corrected chi connectivity index (χ3v) is 7.35. The molecule has 0 aliphatic carbocycles. The Bertz CT molecular complexity index is 1050. The van der Waals surface area contributed by atoms with Gasteiger partial charge in [0.05, 0.1) is 6.61 Å². The molecule has 7 atom stereocenters. The first kappa shape index (κ1) is 32.7. The highest BCUT2D eigenvalue weighted by atomic mass is 19.3. The molecule has 41 heavy (non-hydrogen) atoms. The molecule has 2 saturated heterocycles. The van der Waals surface area contributed by atoms with Gasteiger partial charge < -0.3 is 51.0 Å². The number of amides is 2. The van der Waals surface area contributed by atoms with Crippen LogP contribution in [0.25, 0.3) is 0 Å². The van der Waals surface area contributed by atoms with Crippen LogP contribution in [0.1, 0.15) is 37.7 Å². The van der Waals surface area contributed by atoms with Gasteiger partial charge in [-0.05, 0) is 31.2 Å². The minimum Gasteiger partial charge on any atom is -0.459 e. The summed E-state index contributed by atoms with van der Waals surface area (Å²) in [5.41, 5.74) is 4.67. The molecule has 230 valence electrons. The third-order valence-electron chi connectivity index (χ3n) is 7.35. The summed E-state index contributed by atoms with van der Waals surface area (Å²) in [6.07, 6.45) is -7.18. The average Bonchev–Trinajstić information content (AvgIpc) is 3.46. The van der Waals surface area contributed by atoms with Crippen molar-refractivity contribution >= 4 is 17.8 Å². The average molecular weight is 591 g/mol. The highest BCUT2D eigenvalue weighted by Gasteiger charge is 2.69. The summed E-state index contributed by atoms with van der Waals surface area (Å²) < 4.78 is 39.5. The maximum atomic E-state index is 14.8. The van der Waals surface area contributed by atoms with Crippen molar-refractivity contribution in [1.82, 2.24) is 10.2 Å². The standard InChI is InChI=1S/C26H37F2N3O10/c27-25(28,26(39)21(35)20(34)19(33)18(13-32)41-26)24(38)30-11-5-4-9-16(29)22(36)31-12-6-10-17(31)23(37)40-14-15-7-2-1-3-8-15/h1-3,7-8,16-21,32-35,39H,4-6,9-14,29H2,(H,30,38)/p+1/t16-,17-,18+,19-,20-,21+,26+/m0/s1. The van der Waals surface area contributed by atoms with Crippen LogP contribution in [0.15, 0.2) is 30.3 Å². The van der Waals surface area contributed by atoms with Crippen molar-refractivity contribution in [1.29, 1.82) is 0 Å². The number of aliphatic hydroxyl groups is 5. The van der Waals surface area contributed by atoms with Crippen LogP contribution in [0.4, 0.5) is 8.78 Å². The highest BCUT2D eigenvalue weighted by Crippen LogP contribution is 2.40. The summed E-state index contributed by atoms with van der Waals surface area (Å²) in [4.78, 5) is 39.2. The Hall–Kier alpha value is -2.79. The van der Waals surface area contributed by atoms with E-state index in [0.29, 0.717) is 25.8 Å². The number of nitrogens with zero attached hydrogens (tertiary/aromatic N) is 1. The van der Waals surface area contributed by atoms with Gasteiger partial charge in [0.25, 0.3) is 17.6 Å². The van der Waals surface area contributed by atoms with Crippen LogP contribution in [-0.4, -0.2) is 116 Å². The van der Waals surface area contributed by atoms with Gasteiger partial charge in [-0.1, -0.05) is 30.3 Å². The number of likely N-dealkylation sites (tertiary alicyclic amines) is 1. The van der Waals surface area contributed by atoms with E-state index in [1.807, 2.05) is 35.6 Å². The van der Waals surface area contributed by atoms with Crippen LogP contribution >= 0.6 is 0 Å². The second-order valence-electron chi connectivity index (χ2n) is 10.3. The number of carbonyl (C=O) groups is 3. The summed E-state index contributed by atoms with van der Waals surface area (Å²) >= 11 is 0. The van der Waals surface area contributed by atoms with Crippen molar-refractivity contribution in [2.45, 2.75) is 86.9 Å². The highest BCUT2D eigenvalue weighted by molar-refractivity contribution is 5.87. The lowest BCUT2D eigenvalue weighted by molar-refractivity contribution is -0.407. The van der Waals surface area contributed by atoms with E-state index in [1.165, 1.54) is 4.90 Å². The Balaban J connectivity index is 1.44. The summed E-state index contributed by atoms with van der Waals surface area (Å²) in [5.74, 6) is -11.6. The Labute approximate surface area is 234 Å². The van der Waals surface area contributed by atoms with Crippen molar-refractivity contribution < 1.29 is 63.9 Å². The number of carbonyl (C=O) groups excluding carboxylic acids is 3. The zero-order valence-corrected chi connectivity index (χ0v) is 22.4. The van der Waals surface area contributed by atoms with E-state index in [0.717, 1.165) is 5.56 Å². The van der Waals surface area contributed by atoms with Gasteiger partial charge in [0.15, 0.2) is 6.04 Å². The number of rotatable bonds is 12. The molecule has 2 fully saturated rings. The van der Waals surface area contributed by atoms with E-state index >= 15 is 0 Å². The normalized spacial score (nSPS) is 29.2. The van der Waals surface area contributed by atoms with Gasteiger partial charge in [0.2, 0.25) is 0 Å². The minimum absolute atomic E-state index is 0.0871. The quantitative estimate of drug-likeness (QED) is 0.0997. The van der Waals surface area contributed by atoms with Gasteiger partial charge in [0.1, 0.15) is 37.1 Å². The van der Waals surface area contributed by atoms with Gasteiger partial charge in [-0.25, -0.2) is 4.79 Å². The molecule has 0 aromatic heterocycles. The van der Waals surface area contributed by atoms with Gasteiger partial charge in [-0.15, -0.1) is 0 Å². The molecule has 15 heteroatoms. The second kappa shape index (κ2) is 13.9. The lowest BCUT2D eigenvalue weighted by Gasteiger charge is -2.47. The molecular weight excluding hydrogens is 552 g/mol. The zero-order valence-electron chi connectivity index (χ0n) is 22.4. The number of benzene rings is 1. The fourth-order valence-corrected chi connectivity index (χ4v) is 4.86. The van der Waals surface area contributed by atoms with Crippen LogP contribution in [0.2, 0.25) is 0 Å². The molecule has 0 radical (unpaired) electrons.